The third-order valence-corrected chi connectivity index (χ3v) is 3.88. The molecule has 100 valence electrons. The van der Waals surface area contributed by atoms with E-state index in [2.05, 4.69) is 15.1 Å². The van der Waals surface area contributed by atoms with E-state index < -0.39 is 5.97 Å². The molecule has 0 bridgehead atoms. The number of aryl methyl sites for hydroxylation is 1. The fourth-order valence-corrected chi connectivity index (χ4v) is 2.74. The molecule has 2 aromatic heterocycles. The summed E-state index contributed by atoms with van der Waals surface area (Å²) >= 11 is 1.37. The molecule has 0 atom stereocenters. The molecule has 0 saturated heterocycles. The van der Waals surface area contributed by atoms with Crippen molar-refractivity contribution >= 4 is 28.6 Å². The third-order valence-electron chi connectivity index (χ3n) is 2.77. The highest BCUT2D eigenvalue weighted by Crippen LogP contribution is 2.32. The summed E-state index contributed by atoms with van der Waals surface area (Å²) in [6, 6.07) is 8.99. The molecule has 0 spiro atoms. The van der Waals surface area contributed by atoms with Crippen molar-refractivity contribution in [1.29, 1.82) is 0 Å². The van der Waals surface area contributed by atoms with E-state index in [0.717, 1.165) is 10.3 Å². The number of hydrogen-bond acceptors (Lipinski definition) is 5. The first-order valence-corrected chi connectivity index (χ1v) is 6.62. The molecule has 0 fully saturated rings. The Morgan fingerprint density at radius 1 is 1.35 bits per heavy atom. The molecule has 0 aliphatic carbocycles. The van der Waals surface area contributed by atoms with Crippen LogP contribution in [0.1, 0.15) is 10.5 Å². The highest BCUT2D eigenvalue weighted by atomic mass is 32.2. The van der Waals surface area contributed by atoms with Crippen molar-refractivity contribution in [3.05, 3.63) is 42.4 Å². The molecule has 2 heterocycles. The molecule has 7 heteroatoms. The van der Waals surface area contributed by atoms with Crippen LogP contribution in [0.3, 0.4) is 0 Å². The number of carboxylic acids is 1. The topological polar surface area (TPSA) is 80.9 Å². The Balaban J connectivity index is 2.17. The summed E-state index contributed by atoms with van der Waals surface area (Å²) in [6.45, 7) is 0. The molecule has 0 aliphatic rings. The van der Waals surface area contributed by atoms with E-state index in [1.165, 1.54) is 18.1 Å². The second-order valence-electron chi connectivity index (χ2n) is 4.10. The summed E-state index contributed by atoms with van der Waals surface area (Å²) in [6.07, 6.45) is 1.46. The molecule has 3 aromatic rings. The van der Waals surface area contributed by atoms with E-state index in [1.807, 2.05) is 18.2 Å². The average Bonchev–Trinajstić information content (AvgIpc) is 2.84. The van der Waals surface area contributed by atoms with Crippen molar-refractivity contribution in [2.75, 3.05) is 0 Å². The SMILES string of the molecule is Cn1ncnc1Sc1cc(C(=O)O)nc2ccccc12. The number of carbonyl (C=O) groups is 1. The second-order valence-corrected chi connectivity index (χ2v) is 5.11. The van der Waals surface area contributed by atoms with Crippen molar-refractivity contribution in [3.63, 3.8) is 0 Å². The fraction of sp³-hybridized carbons (Fsp3) is 0.0769. The van der Waals surface area contributed by atoms with Crippen molar-refractivity contribution in [2.24, 2.45) is 7.05 Å². The lowest BCUT2D eigenvalue weighted by molar-refractivity contribution is 0.0690. The normalized spacial score (nSPS) is 10.8. The van der Waals surface area contributed by atoms with Crippen LogP contribution in [0, 0.1) is 0 Å². The van der Waals surface area contributed by atoms with E-state index in [1.54, 1.807) is 23.9 Å². The van der Waals surface area contributed by atoms with Crippen LogP contribution in [-0.2, 0) is 7.05 Å². The number of aromatic carboxylic acids is 1. The molecular weight excluding hydrogens is 276 g/mol. The standard InChI is InChI=1S/C13H10N4O2S/c1-17-13(14-7-15-17)20-11-6-10(12(18)19)16-9-5-3-2-4-8(9)11/h2-7H,1H3,(H,18,19). The lowest BCUT2D eigenvalue weighted by Gasteiger charge is -2.06. The minimum Gasteiger partial charge on any atom is -0.477 e. The van der Waals surface area contributed by atoms with Gasteiger partial charge in [-0.25, -0.2) is 19.4 Å². The van der Waals surface area contributed by atoms with Crippen LogP contribution < -0.4 is 0 Å². The largest absolute Gasteiger partial charge is 0.477 e. The van der Waals surface area contributed by atoms with Gasteiger partial charge < -0.3 is 5.11 Å². The predicted octanol–water partition coefficient (Wildman–Crippen LogP) is 2.21. The molecule has 1 aromatic carbocycles. The number of carboxylic acid groups (broad SMARTS) is 1. The Kier molecular flexibility index (Phi) is 3.11. The lowest BCUT2D eigenvalue weighted by atomic mass is 10.2. The van der Waals surface area contributed by atoms with E-state index in [9.17, 15) is 4.79 Å². The van der Waals surface area contributed by atoms with Gasteiger partial charge in [-0.3, -0.25) is 0 Å². The van der Waals surface area contributed by atoms with Crippen LogP contribution in [0.25, 0.3) is 10.9 Å². The number of hydrogen-bond donors (Lipinski definition) is 1. The molecule has 0 aliphatic heterocycles. The smallest absolute Gasteiger partial charge is 0.354 e. The molecule has 6 nitrogen and oxygen atoms in total. The summed E-state index contributed by atoms with van der Waals surface area (Å²) < 4.78 is 1.64. The van der Waals surface area contributed by atoms with E-state index in [0.29, 0.717) is 10.7 Å². The summed E-state index contributed by atoms with van der Waals surface area (Å²) in [4.78, 5) is 20.2. The van der Waals surface area contributed by atoms with Gasteiger partial charge in [0, 0.05) is 17.3 Å². The number of aromatic nitrogens is 4. The van der Waals surface area contributed by atoms with Gasteiger partial charge in [-0.15, -0.1) is 0 Å². The summed E-state index contributed by atoms with van der Waals surface area (Å²) in [5.41, 5.74) is 0.672. The van der Waals surface area contributed by atoms with E-state index >= 15 is 0 Å². The van der Waals surface area contributed by atoms with Gasteiger partial charge in [0.05, 0.1) is 5.52 Å². The second kappa shape index (κ2) is 4.93. The average molecular weight is 286 g/mol. The number of para-hydroxylation sites is 1. The van der Waals surface area contributed by atoms with Crippen LogP contribution >= 0.6 is 11.8 Å². The van der Waals surface area contributed by atoms with Crippen molar-refractivity contribution in [3.8, 4) is 0 Å². The number of pyridine rings is 1. The molecule has 0 radical (unpaired) electrons. The first-order chi connectivity index (χ1) is 9.65. The van der Waals surface area contributed by atoms with Gasteiger partial charge >= 0.3 is 5.97 Å². The van der Waals surface area contributed by atoms with Gasteiger partial charge in [-0.1, -0.05) is 18.2 Å². The molecule has 0 amide bonds. The van der Waals surface area contributed by atoms with Crippen LogP contribution in [0.4, 0.5) is 0 Å². The maximum absolute atomic E-state index is 11.2. The van der Waals surface area contributed by atoms with Crippen LogP contribution in [0.5, 0.6) is 0 Å². The fourth-order valence-electron chi connectivity index (χ4n) is 1.81. The van der Waals surface area contributed by atoms with Crippen LogP contribution in [0.15, 0.2) is 46.7 Å². The Bertz CT molecular complexity index is 800. The number of fused-ring (bicyclic) bond motifs is 1. The monoisotopic (exact) mass is 286 g/mol. The number of rotatable bonds is 3. The number of nitrogens with zero attached hydrogens (tertiary/aromatic N) is 4. The van der Waals surface area contributed by atoms with E-state index in [4.69, 9.17) is 5.11 Å². The predicted molar refractivity (Wildman–Crippen MR) is 73.8 cm³/mol. The zero-order valence-electron chi connectivity index (χ0n) is 10.5. The quantitative estimate of drug-likeness (QED) is 0.795. The van der Waals surface area contributed by atoms with Gasteiger partial charge in [0.25, 0.3) is 0 Å². The summed E-state index contributed by atoms with van der Waals surface area (Å²) in [5.74, 6) is -1.05. The van der Waals surface area contributed by atoms with Crippen molar-refractivity contribution < 1.29 is 9.90 Å². The molecule has 1 N–H and O–H groups in total. The molecule has 0 saturated carbocycles. The van der Waals surface area contributed by atoms with Gasteiger partial charge in [0.2, 0.25) is 0 Å². The zero-order valence-corrected chi connectivity index (χ0v) is 11.3. The molecular formula is C13H10N4O2S. The molecule has 0 unspecified atom stereocenters. The minimum atomic E-state index is -1.05. The summed E-state index contributed by atoms with van der Waals surface area (Å²) in [5, 5.41) is 14.7. The van der Waals surface area contributed by atoms with Crippen molar-refractivity contribution in [2.45, 2.75) is 10.1 Å². The highest BCUT2D eigenvalue weighted by Gasteiger charge is 2.13. The highest BCUT2D eigenvalue weighted by molar-refractivity contribution is 7.99. The van der Waals surface area contributed by atoms with Gasteiger partial charge in [0.1, 0.15) is 12.0 Å². The van der Waals surface area contributed by atoms with Crippen LogP contribution in [0.2, 0.25) is 0 Å². The molecule has 20 heavy (non-hydrogen) atoms. The van der Waals surface area contributed by atoms with Gasteiger partial charge in [0.15, 0.2) is 5.16 Å². The van der Waals surface area contributed by atoms with Gasteiger partial charge in [-0.05, 0) is 23.9 Å². The first kappa shape index (κ1) is 12.6. The maximum atomic E-state index is 11.2. The Labute approximate surface area is 118 Å². The first-order valence-electron chi connectivity index (χ1n) is 5.80. The lowest BCUT2D eigenvalue weighted by Crippen LogP contribution is -2.01. The zero-order chi connectivity index (χ0) is 14.1. The maximum Gasteiger partial charge on any atom is 0.354 e. The third kappa shape index (κ3) is 2.23. The Morgan fingerprint density at radius 3 is 2.85 bits per heavy atom. The van der Waals surface area contributed by atoms with Gasteiger partial charge in [-0.2, -0.15) is 5.10 Å². The van der Waals surface area contributed by atoms with Crippen LogP contribution in [-0.4, -0.2) is 30.8 Å². The molecule has 3 rings (SSSR count). The Hall–Kier alpha value is -2.41. The Morgan fingerprint density at radius 2 is 2.15 bits per heavy atom. The minimum absolute atomic E-state index is 0.0216. The van der Waals surface area contributed by atoms with Crippen molar-refractivity contribution in [1.82, 2.24) is 19.7 Å². The summed E-state index contributed by atoms with van der Waals surface area (Å²) in [7, 11) is 1.79. The number of benzene rings is 1. The van der Waals surface area contributed by atoms with E-state index in [-0.39, 0.29) is 5.69 Å².